The Labute approximate surface area is 120 Å². The van der Waals surface area contributed by atoms with Crippen LogP contribution in [-0.2, 0) is 12.8 Å². The number of unbranched alkanes of at least 4 members (excludes halogenated alkanes) is 2. The minimum atomic E-state index is 0.0473. The van der Waals surface area contributed by atoms with Crippen LogP contribution in [0.2, 0.25) is 0 Å². The molecule has 0 fully saturated rings. The van der Waals surface area contributed by atoms with Crippen LogP contribution in [0.25, 0.3) is 0 Å². The van der Waals surface area contributed by atoms with E-state index in [2.05, 4.69) is 19.2 Å². The van der Waals surface area contributed by atoms with Crippen LogP contribution >= 0.6 is 11.3 Å². The highest BCUT2D eigenvalue weighted by Crippen LogP contribution is 2.24. The number of thiophene rings is 1. The lowest BCUT2D eigenvalue weighted by Crippen LogP contribution is -2.23. The molecule has 0 spiro atoms. The van der Waals surface area contributed by atoms with Crippen LogP contribution in [0, 0.1) is 0 Å². The summed E-state index contributed by atoms with van der Waals surface area (Å²) in [6.07, 6.45) is 5.89. The Balaban J connectivity index is 2.47. The quantitative estimate of drug-likeness (QED) is 0.684. The van der Waals surface area contributed by atoms with Gasteiger partial charge in [0.15, 0.2) is 0 Å². The zero-order valence-electron chi connectivity index (χ0n) is 12.0. The van der Waals surface area contributed by atoms with E-state index in [0.717, 1.165) is 43.4 Å². The van der Waals surface area contributed by atoms with Crippen molar-refractivity contribution < 1.29 is 9.90 Å². The number of carbonyl (C=O) groups excluding carboxylic acids is 1. The number of amides is 1. The smallest absolute Gasteiger partial charge is 0.261 e. The second-order valence-electron chi connectivity index (χ2n) is 4.70. The second kappa shape index (κ2) is 9.10. The molecule has 4 heteroatoms. The number of hydrogen-bond donors (Lipinski definition) is 2. The molecule has 0 bridgehead atoms. The summed E-state index contributed by atoms with van der Waals surface area (Å²) < 4.78 is 0. The van der Waals surface area contributed by atoms with Gasteiger partial charge in [-0.2, -0.15) is 0 Å². The molecular weight excluding hydrogens is 258 g/mol. The van der Waals surface area contributed by atoms with Crippen molar-refractivity contribution in [3.63, 3.8) is 0 Å². The first-order valence-corrected chi connectivity index (χ1v) is 8.05. The number of carbonyl (C=O) groups is 1. The van der Waals surface area contributed by atoms with Gasteiger partial charge in [0, 0.05) is 18.0 Å². The normalized spacial score (nSPS) is 10.7. The molecule has 0 saturated carbocycles. The highest BCUT2D eigenvalue weighted by atomic mass is 32.1. The van der Waals surface area contributed by atoms with Gasteiger partial charge in [-0.05, 0) is 43.7 Å². The molecule has 108 valence electrons. The van der Waals surface area contributed by atoms with Crippen molar-refractivity contribution in [2.75, 3.05) is 13.2 Å². The Kier molecular flexibility index (Phi) is 7.75. The Hall–Kier alpha value is -0.870. The number of nitrogens with one attached hydrogen (secondary N) is 1. The monoisotopic (exact) mass is 283 g/mol. The second-order valence-corrected chi connectivity index (χ2v) is 5.84. The fourth-order valence-corrected chi connectivity index (χ4v) is 3.29. The molecule has 3 nitrogen and oxygen atoms in total. The summed E-state index contributed by atoms with van der Waals surface area (Å²) in [6.45, 7) is 5.23. The van der Waals surface area contributed by atoms with E-state index in [1.54, 1.807) is 11.3 Å². The highest BCUT2D eigenvalue weighted by molar-refractivity contribution is 7.14. The van der Waals surface area contributed by atoms with E-state index in [1.165, 1.54) is 10.4 Å². The highest BCUT2D eigenvalue weighted by Gasteiger charge is 2.12. The maximum absolute atomic E-state index is 12.0. The molecular formula is C15H25NO2S. The van der Waals surface area contributed by atoms with E-state index in [1.807, 2.05) is 6.07 Å². The van der Waals surface area contributed by atoms with Crippen molar-refractivity contribution in [3.05, 3.63) is 21.4 Å². The van der Waals surface area contributed by atoms with Gasteiger partial charge in [-0.25, -0.2) is 0 Å². The van der Waals surface area contributed by atoms with Crippen LogP contribution in [-0.4, -0.2) is 24.2 Å². The molecule has 1 aromatic rings. The van der Waals surface area contributed by atoms with Gasteiger partial charge in [0.05, 0.1) is 4.88 Å². The summed E-state index contributed by atoms with van der Waals surface area (Å²) in [4.78, 5) is 14.2. The SMILES string of the molecule is CCCc1sc(C(=O)NCCCCCO)cc1CC. The molecule has 0 atom stereocenters. The van der Waals surface area contributed by atoms with Crippen LogP contribution < -0.4 is 5.32 Å². The fraction of sp³-hybridized carbons (Fsp3) is 0.667. The number of rotatable bonds is 9. The van der Waals surface area contributed by atoms with Gasteiger partial charge in [0.1, 0.15) is 0 Å². The third-order valence-electron chi connectivity index (χ3n) is 3.10. The van der Waals surface area contributed by atoms with E-state index in [0.29, 0.717) is 6.54 Å². The first-order valence-electron chi connectivity index (χ1n) is 7.23. The molecule has 0 aliphatic carbocycles. The summed E-state index contributed by atoms with van der Waals surface area (Å²) in [5, 5.41) is 11.6. The molecule has 1 amide bonds. The van der Waals surface area contributed by atoms with Crippen molar-refractivity contribution >= 4 is 17.2 Å². The van der Waals surface area contributed by atoms with Gasteiger partial charge in [-0.3, -0.25) is 4.79 Å². The lowest BCUT2D eigenvalue weighted by molar-refractivity contribution is 0.0957. The summed E-state index contributed by atoms with van der Waals surface area (Å²) in [6, 6.07) is 2.04. The molecule has 0 aliphatic heterocycles. The molecule has 0 radical (unpaired) electrons. The third-order valence-corrected chi connectivity index (χ3v) is 4.33. The molecule has 1 aromatic heterocycles. The van der Waals surface area contributed by atoms with Gasteiger partial charge in [0.2, 0.25) is 0 Å². The topological polar surface area (TPSA) is 49.3 Å². The minimum absolute atomic E-state index is 0.0473. The van der Waals surface area contributed by atoms with E-state index in [-0.39, 0.29) is 12.5 Å². The third kappa shape index (κ3) is 5.33. The summed E-state index contributed by atoms with van der Waals surface area (Å²) in [7, 11) is 0. The maximum atomic E-state index is 12.0. The number of aliphatic hydroxyl groups excluding tert-OH is 1. The van der Waals surface area contributed by atoms with Gasteiger partial charge in [-0.1, -0.05) is 20.3 Å². The van der Waals surface area contributed by atoms with E-state index < -0.39 is 0 Å². The predicted octanol–water partition coefficient (Wildman–Crippen LogP) is 3.16. The Morgan fingerprint density at radius 2 is 2.11 bits per heavy atom. The lowest BCUT2D eigenvalue weighted by atomic mass is 10.1. The van der Waals surface area contributed by atoms with Crippen molar-refractivity contribution in [2.45, 2.75) is 52.4 Å². The van der Waals surface area contributed by atoms with Gasteiger partial charge >= 0.3 is 0 Å². The molecule has 0 aromatic carbocycles. The summed E-state index contributed by atoms with van der Waals surface area (Å²) >= 11 is 1.63. The standard InChI is InChI=1S/C15H25NO2S/c1-3-8-13-12(4-2)11-14(19-13)15(18)16-9-6-5-7-10-17/h11,17H,3-10H2,1-2H3,(H,16,18). The summed E-state index contributed by atoms with van der Waals surface area (Å²) in [5.41, 5.74) is 1.32. The predicted molar refractivity (Wildman–Crippen MR) is 81.0 cm³/mol. The maximum Gasteiger partial charge on any atom is 0.261 e. The number of hydrogen-bond acceptors (Lipinski definition) is 3. The van der Waals surface area contributed by atoms with Gasteiger partial charge in [-0.15, -0.1) is 11.3 Å². The van der Waals surface area contributed by atoms with Crippen molar-refractivity contribution in [1.29, 1.82) is 0 Å². The number of aryl methyl sites for hydroxylation is 2. The van der Waals surface area contributed by atoms with Gasteiger partial charge in [0.25, 0.3) is 5.91 Å². The molecule has 1 heterocycles. The van der Waals surface area contributed by atoms with E-state index in [4.69, 9.17) is 5.11 Å². The molecule has 2 N–H and O–H groups in total. The van der Waals surface area contributed by atoms with Crippen molar-refractivity contribution in [3.8, 4) is 0 Å². The Morgan fingerprint density at radius 3 is 2.74 bits per heavy atom. The molecule has 0 saturated heterocycles. The molecule has 19 heavy (non-hydrogen) atoms. The Morgan fingerprint density at radius 1 is 1.32 bits per heavy atom. The van der Waals surface area contributed by atoms with Crippen LogP contribution in [0.5, 0.6) is 0 Å². The number of aliphatic hydroxyl groups is 1. The average Bonchev–Trinajstić information content (AvgIpc) is 2.82. The molecule has 0 aliphatic rings. The van der Waals surface area contributed by atoms with Crippen LogP contribution in [0.4, 0.5) is 0 Å². The average molecular weight is 283 g/mol. The fourth-order valence-electron chi connectivity index (χ4n) is 2.02. The first kappa shape index (κ1) is 16.2. The summed E-state index contributed by atoms with van der Waals surface area (Å²) in [5.74, 6) is 0.0473. The van der Waals surface area contributed by atoms with Gasteiger partial charge < -0.3 is 10.4 Å². The van der Waals surface area contributed by atoms with Crippen LogP contribution in [0.1, 0.15) is 59.6 Å². The molecule has 0 unspecified atom stereocenters. The van der Waals surface area contributed by atoms with Crippen LogP contribution in [0.3, 0.4) is 0 Å². The molecule has 1 rings (SSSR count). The van der Waals surface area contributed by atoms with Crippen molar-refractivity contribution in [1.82, 2.24) is 5.32 Å². The Bertz CT molecular complexity index is 387. The van der Waals surface area contributed by atoms with Crippen molar-refractivity contribution in [2.24, 2.45) is 0 Å². The zero-order chi connectivity index (χ0) is 14.1. The van der Waals surface area contributed by atoms with Crippen LogP contribution in [0.15, 0.2) is 6.07 Å². The minimum Gasteiger partial charge on any atom is -0.396 e. The zero-order valence-corrected chi connectivity index (χ0v) is 12.8. The van der Waals surface area contributed by atoms with E-state index >= 15 is 0 Å². The van der Waals surface area contributed by atoms with E-state index in [9.17, 15) is 4.79 Å². The lowest BCUT2D eigenvalue weighted by Gasteiger charge is -2.02. The largest absolute Gasteiger partial charge is 0.396 e. The first-order chi connectivity index (χ1) is 9.22.